The minimum Gasteiger partial charge on any atom is -0.352 e. The summed E-state index contributed by atoms with van der Waals surface area (Å²) in [6.07, 6.45) is 12.7. The Balaban J connectivity index is 1.65. The minimum absolute atomic E-state index is 0.855. The summed E-state index contributed by atoms with van der Waals surface area (Å²) in [6.45, 7) is 5.67. The van der Waals surface area contributed by atoms with Crippen molar-refractivity contribution in [3.63, 3.8) is 0 Å². The highest BCUT2D eigenvalue weighted by atomic mass is 15.1. The zero-order chi connectivity index (χ0) is 21.2. The van der Waals surface area contributed by atoms with E-state index in [0.29, 0.717) is 0 Å². The van der Waals surface area contributed by atoms with Crippen LogP contribution >= 0.6 is 0 Å². The lowest BCUT2D eigenvalue weighted by Gasteiger charge is -2.02. The number of pyridine rings is 2. The predicted octanol–water partition coefficient (Wildman–Crippen LogP) is 5.79. The highest BCUT2D eigenvalue weighted by Crippen LogP contribution is 2.34. The lowest BCUT2D eigenvalue weighted by Crippen LogP contribution is -1.83. The number of allylic oxidation sites excluding steroid dienone is 2. The van der Waals surface area contributed by atoms with E-state index in [-0.39, 0.29) is 0 Å². The van der Waals surface area contributed by atoms with E-state index < -0.39 is 0 Å². The molecule has 150 valence electrons. The summed E-state index contributed by atoms with van der Waals surface area (Å²) >= 11 is 0. The second-order valence-corrected chi connectivity index (χ2v) is 7.09. The average molecular weight is 404 g/mol. The number of aromatic amines is 2. The molecule has 0 saturated carbocycles. The molecule has 5 aromatic rings. The smallest absolute Gasteiger partial charge is 0.116 e. The fraction of sp³-hybridized carbons (Fsp3) is 0.0400. The molecule has 31 heavy (non-hydrogen) atoms. The quantitative estimate of drug-likeness (QED) is 0.364. The molecule has 6 nitrogen and oxygen atoms in total. The lowest BCUT2D eigenvalue weighted by molar-refractivity contribution is 1.12. The highest BCUT2D eigenvalue weighted by molar-refractivity contribution is 6.01. The number of hydrogen-bond donors (Lipinski definition) is 2. The first-order chi connectivity index (χ1) is 15.3. The molecule has 4 aromatic heterocycles. The Morgan fingerprint density at radius 2 is 1.97 bits per heavy atom. The molecular formula is C25H20N6. The van der Waals surface area contributed by atoms with Crippen molar-refractivity contribution in [3.8, 4) is 22.5 Å². The first-order valence-corrected chi connectivity index (χ1v) is 9.96. The van der Waals surface area contributed by atoms with Gasteiger partial charge < -0.3 is 4.98 Å². The van der Waals surface area contributed by atoms with Crippen molar-refractivity contribution < 1.29 is 0 Å². The van der Waals surface area contributed by atoms with Crippen LogP contribution in [-0.4, -0.2) is 31.4 Å². The van der Waals surface area contributed by atoms with E-state index in [1.165, 1.54) is 0 Å². The fourth-order valence-electron chi connectivity index (χ4n) is 3.76. The van der Waals surface area contributed by atoms with Crippen LogP contribution in [0.4, 0.5) is 0 Å². The van der Waals surface area contributed by atoms with Crippen LogP contribution in [0.5, 0.6) is 0 Å². The van der Waals surface area contributed by atoms with E-state index >= 15 is 0 Å². The van der Waals surface area contributed by atoms with Crippen LogP contribution in [0.2, 0.25) is 0 Å². The van der Waals surface area contributed by atoms with E-state index in [0.717, 1.165) is 55.6 Å². The molecular weight excluding hydrogens is 384 g/mol. The summed E-state index contributed by atoms with van der Waals surface area (Å²) in [4.78, 5) is 16.6. The topological polar surface area (TPSA) is 82.6 Å². The molecule has 1 aromatic carbocycles. The Morgan fingerprint density at radius 1 is 1.03 bits per heavy atom. The van der Waals surface area contributed by atoms with Crippen molar-refractivity contribution in [2.24, 2.45) is 4.99 Å². The Hall–Kier alpha value is -4.32. The molecule has 0 saturated heterocycles. The van der Waals surface area contributed by atoms with E-state index in [1.807, 2.05) is 55.9 Å². The Labute approximate surface area is 179 Å². The van der Waals surface area contributed by atoms with E-state index in [9.17, 15) is 0 Å². The minimum atomic E-state index is 0.855. The van der Waals surface area contributed by atoms with E-state index in [1.54, 1.807) is 18.5 Å². The van der Waals surface area contributed by atoms with E-state index in [4.69, 9.17) is 0 Å². The Bertz CT molecular complexity index is 1450. The Kier molecular flexibility index (Phi) is 4.72. The van der Waals surface area contributed by atoms with Crippen molar-refractivity contribution in [1.29, 1.82) is 0 Å². The lowest BCUT2D eigenvalue weighted by atomic mass is 10.0. The maximum Gasteiger partial charge on any atom is 0.116 e. The summed E-state index contributed by atoms with van der Waals surface area (Å²) in [7, 11) is 0. The fourth-order valence-corrected chi connectivity index (χ4v) is 3.76. The second-order valence-electron chi connectivity index (χ2n) is 7.09. The van der Waals surface area contributed by atoms with Gasteiger partial charge in [0, 0.05) is 52.3 Å². The van der Waals surface area contributed by atoms with Gasteiger partial charge in [-0.25, -0.2) is 0 Å². The third-order valence-corrected chi connectivity index (χ3v) is 5.22. The number of hydrogen-bond acceptors (Lipinski definition) is 4. The van der Waals surface area contributed by atoms with Gasteiger partial charge in [0.25, 0.3) is 0 Å². The second kappa shape index (κ2) is 7.84. The maximum absolute atomic E-state index is 4.59. The third-order valence-electron chi connectivity index (χ3n) is 5.22. The van der Waals surface area contributed by atoms with E-state index in [2.05, 4.69) is 48.9 Å². The average Bonchev–Trinajstić information content (AvgIpc) is 3.43. The molecule has 0 aliphatic rings. The van der Waals surface area contributed by atoms with Crippen LogP contribution in [0.1, 0.15) is 12.5 Å². The first-order valence-electron chi connectivity index (χ1n) is 9.96. The van der Waals surface area contributed by atoms with Crippen molar-refractivity contribution in [2.75, 3.05) is 0 Å². The van der Waals surface area contributed by atoms with Crippen molar-refractivity contribution in [2.45, 2.75) is 6.92 Å². The van der Waals surface area contributed by atoms with Crippen LogP contribution in [0.15, 0.2) is 84.9 Å². The molecule has 2 N–H and O–H groups in total. The zero-order valence-corrected chi connectivity index (χ0v) is 17.0. The van der Waals surface area contributed by atoms with Gasteiger partial charge in [0.1, 0.15) is 5.69 Å². The summed E-state index contributed by atoms with van der Waals surface area (Å²) in [5, 5.41) is 9.82. The molecule has 0 fully saturated rings. The SMILES string of the molecule is C=CC=N/C(=C\C)c1ccc2[nH]nc(-c3cc4c(-c5cccnc5)cncc4[nH]3)c2c1. The monoisotopic (exact) mass is 404 g/mol. The van der Waals surface area contributed by atoms with Crippen molar-refractivity contribution in [3.05, 3.63) is 85.5 Å². The summed E-state index contributed by atoms with van der Waals surface area (Å²) in [5.74, 6) is 0. The van der Waals surface area contributed by atoms with Gasteiger partial charge in [-0.3, -0.25) is 20.1 Å². The van der Waals surface area contributed by atoms with Crippen LogP contribution < -0.4 is 0 Å². The number of rotatable bonds is 5. The molecule has 0 atom stereocenters. The van der Waals surface area contributed by atoms with Gasteiger partial charge in [-0.05, 0) is 31.2 Å². The number of benzene rings is 1. The largest absolute Gasteiger partial charge is 0.352 e. The van der Waals surface area contributed by atoms with Gasteiger partial charge in [0.15, 0.2) is 0 Å². The molecule has 5 rings (SSSR count). The number of fused-ring (bicyclic) bond motifs is 2. The number of aromatic nitrogens is 5. The van der Waals surface area contributed by atoms with Gasteiger partial charge in [0.05, 0.1) is 28.6 Å². The van der Waals surface area contributed by atoms with Gasteiger partial charge in [0.2, 0.25) is 0 Å². The first kappa shape index (κ1) is 18.7. The van der Waals surface area contributed by atoms with Crippen molar-refractivity contribution in [1.82, 2.24) is 25.1 Å². The molecule has 0 aliphatic heterocycles. The van der Waals surface area contributed by atoms with Crippen LogP contribution in [0.3, 0.4) is 0 Å². The summed E-state index contributed by atoms with van der Waals surface area (Å²) < 4.78 is 0. The Morgan fingerprint density at radius 3 is 2.77 bits per heavy atom. The van der Waals surface area contributed by atoms with Crippen molar-refractivity contribution >= 4 is 33.7 Å². The third kappa shape index (κ3) is 3.34. The van der Waals surface area contributed by atoms with Crippen LogP contribution in [0, 0.1) is 0 Å². The van der Waals surface area contributed by atoms with Gasteiger partial charge >= 0.3 is 0 Å². The molecule has 0 amide bonds. The standard InChI is InChI=1S/C25H20N6/c1-3-9-28-21(4-2)16-7-8-22-19(11-16)25(31-30-22)23-12-18-20(14-27-15-24(18)29-23)17-6-5-10-26-13-17/h3-15,29H,1H2,2H3,(H,30,31)/b21-4-,28-9?. The molecule has 0 bridgehead atoms. The van der Waals surface area contributed by atoms with Gasteiger partial charge in [-0.15, -0.1) is 0 Å². The maximum atomic E-state index is 4.59. The number of nitrogens with zero attached hydrogens (tertiary/aromatic N) is 4. The molecule has 0 aliphatic carbocycles. The van der Waals surface area contributed by atoms with Gasteiger partial charge in [-0.1, -0.05) is 30.9 Å². The molecule has 6 heteroatoms. The van der Waals surface area contributed by atoms with Gasteiger partial charge in [-0.2, -0.15) is 5.10 Å². The molecule has 0 unspecified atom stereocenters. The molecule has 4 heterocycles. The normalized spacial score (nSPS) is 12.2. The number of H-pyrrole nitrogens is 2. The zero-order valence-electron chi connectivity index (χ0n) is 17.0. The number of nitrogens with one attached hydrogen (secondary N) is 2. The molecule has 0 spiro atoms. The van der Waals surface area contributed by atoms with Crippen LogP contribution in [0.25, 0.3) is 50.0 Å². The summed E-state index contributed by atoms with van der Waals surface area (Å²) in [6, 6.07) is 12.3. The highest BCUT2D eigenvalue weighted by Gasteiger charge is 2.14. The summed E-state index contributed by atoms with van der Waals surface area (Å²) in [5.41, 5.74) is 7.65. The predicted molar refractivity (Wildman–Crippen MR) is 127 cm³/mol. The van der Waals surface area contributed by atoms with Crippen LogP contribution in [-0.2, 0) is 0 Å². The number of aliphatic imine (C=N–C) groups is 1. The molecule has 0 radical (unpaired) electrons.